The van der Waals surface area contributed by atoms with Crippen molar-refractivity contribution in [3.8, 4) is 5.75 Å². The van der Waals surface area contributed by atoms with Crippen LogP contribution in [-0.4, -0.2) is 12.5 Å². The number of unbranched alkanes of at least 4 members (excludes halogenated alkanes) is 2. The van der Waals surface area contributed by atoms with E-state index >= 15 is 0 Å². The Labute approximate surface area is 96.7 Å². The van der Waals surface area contributed by atoms with E-state index in [0.29, 0.717) is 0 Å². The van der Waals surface area contributed by atoms with Crippen LogP contribution in [0.5, 0.6) is 5.75 Å². The van der Waals surface area contributed by atoms with Gasteiger partial charge in [0.2, 0.25) is 0 Å². The predicted octanol–water partition coefficient (Wildman–Crippen LogP) is 4.12. The second-order valence-electron chi connectivity index (χ2n) is 3.37. The summed E-state index contributed by atoms with van der Waals surface area (Å²) in [5.41, 5.74) is 1.09. The number of ether oxygens (including phenoxy) is 1. The highest BCUT2D eigenvalue weighted by atomic mass is 35.5. The van der Waals surface area contributed by atoms with Crippen LogP contribution in [0.2, 0.25) is 0 Å². The van der Waals surface area contributed by atoms with E-state index in [4.69, 9.17) is 16.3 Å². The van der Waals surface area contributed by atoms with Crippen LogP contribution in [0.1, 0.15) is 24.8 Å². The highest BCUT2D eigenvalue weighted by molar-refractivity contribution is 6.17. The van der Waals surface area contributed by atoms with Crippen molar-refractivity contribution in [2.75, 3.05) is 12.5 Å². The average molecular weight is 225 g/mol. The van der Waals surface area contributed by atoms with Crippen LogP contribution in [0.4, 0.5) is 0 Å². The van der Waals surface area contributed by atoms with E-state index in [1.54, 1.807) is 0 Å². The van der Waals surface area contributed by atoms with Gasteiger partial charge in [0.1, 0.15) is 5.75 Å². The zero-order valence-electron chi connectivity index (χ0n) is 8.92. The van der Waals surface area contributed by atoms with Gasteiger partial charge in [-0.05, 0) is 37.0 Å². The maximum absolute atomic E-state index is 5.60. The minimum Gasteiger partial charge on any atom is -0.494 e. The SMILES string of the molecule is C=Cc1cccc(OCCCCCCl)c1. The molecular weight excluding hydrogens is 208 g/mol. The molecule has 1 nitrogen and oxygen atoms in total. The number of benzene rings is 1. The fourth-order valence-corrected chi connectivity index (χ4v) is 1.48. The van der Waals surface area contributed by atoms with E-state index in [1.807, 2.05) is 30.3 Å². The molecule has 0 aliphatic rings. The van der Waals surface area contributed by atoms with Crippen molar-refractivity contribution in [2.45, 2.75) is 19.3 Å². The Morgan fingerprint density at radius 1 is 1.27 bits per heavy atom. The smallest absolute Gasteiger partial charge is 0.119 e. The molecule has 82 valence electrons. The van der Waals surface area contributed by atoms with Gasteiger partial charge in [-0.15, -0.1) is 11.6 Å². The number of halogens is 1. The zero-order chi connectivity index (χ0) is 10.9. The molecule has 0 atom stereocenters. The van der Waals surface area contributed by atoms with Crippen molar-refractivity contribution < 1.29 is 4.74 Å². The lowest BCUT2D eigenvalue weighted by atomic mass is 10.2. The Bertz CT molecular complexity index is 296. The molecule has 2 heteroatoms. The predicted molar refractivity (Wildman–Crippen MR) is 66.6 cm³/mol. The Morgan fingerprint density at radius 3 is 2.87 bits per heavy atom. The van der Waals surface area contributed by atoms with Crippen molar-refractivity contribution in [3.63, 3.8) is 0 Å². The standard InChI is InChI=1S/C13H17ClO/c1-2-12-7-6-8-13(11-12)15-10-5-3-4-9-14/h2,6-8,11H,1,3-5,9-10H2. The summed E-state index contributed by atoms with van der Waals surface area (Å²) in [7, 11) is 0. The van der Waals surface area contributed by atoms with Crippen LogP contribution in [0.15, 0.2) is 30.8 Å². The molecule has 0 unspecified atom stereocenters. The van der Waals surface area contributed by atoms with Crippen molar-refractivity contribution in [1.29, 1.82) is 0 Å². The third-order valence-corrected chi connectivity index (χ3v) is 2.41. The van der Waals surface area contributed by atoms with Crippen molar-refractivity contribution in [2.24, 2.45) is 0 Å². The second-order valence-corrected chi connectivity index (χ2v) is 3.75. The summed E-state index contributed by atoms with van der Waals surface area (Å²) in [6, 6.07) is 7.95. The van der Waals surface area contributed by atoms with E-state index < -0.39 is 0 Å². The summed E-state index contributed by atoms with van der Waals surface area (Å²) in [6.45, 7) is 4.48. The Kier molecular flexibility index (Phi) is 5.94. The third kappa shape index (κ3) is 4.89. The minimum absolute atomic E-state index is 0.742. The summed E-state index contributed by atoms with van der Waals surface area (Å²) in [5, 5.41) is 0. The molecule has 0 saturated heterocycles. The lowest BCUT2D eigenvalue weighted by Gasteiger charge is -2.06. The van der Waals surface area contributed by atoms with Crippen LogP contribution >= 0.6 is 11.6 Å². The van der Waals surface area contributed by atoms with Crippen LogP contribution in [0.3, 0.4) is 0 Å². The first-order valence-corrected chi connectivity index (χ1v) is 5.81. The molecule has 0 saturated carbocycles. The zero-order valence-corrected chi connectivity index (χ0v) is 9.67. The first-order valence-electron chi connectivity index (χ1n) is 5.28. The minimum atomic E-state index is 0.742. The first-order chi connectivity index (χ1) is 7.36. The molecule has 0 radical (unpaired) electrons. The molecule has 0 bridgehead atoms. The van der Waals surface area contributed by atoms with Gasteiger partial charge < -0.3 is 4.74 Å². The Balaban J connectivity index is 2.27. The van der Waals surface area contributed by atoms with Gasteiger partial charge in [-0.1, -0.05) is 24.8 Å². The molecule has 15 heavy (non-hydrogen) atoms. The molecule has 0 N–H and O–H groups in total. The van der Waals surface area contributed by atoms with Gasteiger partial charge in [0.05, 0.1) is 6.61 Å². The molecule has 1 rings (SSSR count). The molecule has 0 amide bonds. The highest BCUT2D eigenvalue weighted by Gasteiger charge is 1.94. The maximum Gasteiger partial charge on any atom is 0.119 e. The molecule has 0 fully saturated rings. The van der Waals surface area contributed by atoms with E-state index in [1.165, 1.54) is 0 Å². The van der Waals surface area contributed by atoms with Crippen molar-refractivity contribution >= 4 is 17.7 Å². The average Bonchev–Trinajstić information content (AvgIpc) is 2.29. The summed E-state index contributed by atoms with van der Waals surface area (Å²) in [4.78, 5) is 0. The summed E-state index contributed by atoms with van der Waals surface area (Å²) < 4.78 is 5.60. The maximum atomic E-state index is 5.60. The van der Waals surface area contributed by atoms with Gasteiger partial charge in [-0.2, -0.15) is 0 Å². The van der Waals surface area contributed by atoms with E-state index in [9.17, 15) is 0 Å². The topological polar surface area (TPSA) is 9.23 Å². The lowest BCUT2D eigenvalue weighted by molar-refractivity contribution is 0.306. The molecule has 0 aliphatic carbocycles. The molecule has 0 aliphatic heterocycles. The molecule has 0 aromatic heterocycles. The number of hydrogen-bond acceptors (Lipinski definition) is 1. The fourth-order valence-electron chi connectivity index (χ4n) is 1.29. The van der Waals surface area contributed by atoms with E-state index in [-0.39, 0.29) is 0 Å². The number of rotatable bonds is 7. The van der Waals surface area contributed by atoms with Crippen molar-refractivity contribution in [1.82, 2.24) is 0 Å². The second kappa shape index (κ2) is 7.36. The molecule has 0 spiro atoms. The molecular formula is C13H17ClO. The van der Waals surface area contributed by atoms with Crippen LogP contribution in [-0.2, 0) is 0 Å². The van der Waals surface area contributed by atoms with E-state index in [0.717, 1.165) is 43.1 Å². The lowest BCUT2D eigenvalue weighted by Crippen LogP contribution is -1.97. The largest absolute Gasteiger partial charge is 0.494 e. The fraction of sp³-hybridized carbons (Fsp3) is 0.385. The monoisotopic (exact) mass is 224 g/mol. The van der Waals surface area contributed by atoms with E-state index in [2.05, 4.69) is 6.58 Å². The van der Waals surface area contributed by atoms with Crippen molar-refractivity contribution in [3.05, 3.63) is 36.4 Å². The van der Waals surface area contributed by atoms with Gasteiger partial charge in [0.25, 0.3) is 0 Å². The number of alkyl halides is 1. The summed E-state index contributed by atoms with van der Waals surface area (Å²) in [6.07, 6.45) is 5.08. The van der Waals surface area contributed by atoms with Gasteiger partial charge in [-0.3, -0.25) is 0 Å². The Hall–Kier alpha value is -0.950. The van der Waals surface area contributed by atoms with Gasteiger partial charge in [-0.25, -0.2) is 0 Å². The first kappa shape index (κ1) is 12.1. The van der Waals surface area contributed by atoms with Crippen LogP contribution < -0.4 is 4.74 Å². The third-order valence-electron chi connectivity index (χ3n) is 2.14. The molecule has 0 heterocycles. The van der Waals surface area contributed by atoms with Gasteiger partial charge in [0, 0.05) is 5.88 Å². The van der Waals surface area contributed by atoms with Crippen LogP contribution in [0, 0.1) is 0 Å². The normalized spacial score (nSPS) is 9.93. The molecule has 1 aromatic carbocycles. The summed E-state index contributed by atoms with van der Waals surface area (Å²) >= 11 is 5.59. The summed E-state index contributed by atoms with van der Waals surface area (Å²) in [5.74, 6) is 1.66. The van der Waals surface area contributed by atoms with Gasteiger partial charge >= 0.3 is 0 Å². The van der Waals surface area contributed by atoms with Gasteiger partial charge in [0.15, 0.2) is 0 Å². The quantitative estimate of drug-likeness (QED) is 0.500. The highest BCUT2D eigenvalue weighted by Crippen LogP contribution is 2.14. The Morgan fingerprint density at radius 2 is 2.13 bits per heavy atom. The number of hydrogen-bond donors (Lipinski definition) is 0. The van der Waals surface area contributed by atoms with Crippen LogP contribution in [0.25, 0.3) is 6.08 Å². The molecule has 1 aromatic rings.